The molecule has 4 heteroatoms. The molecule has 142 valence electrons. The van der Waals surface area contributed by atoms with Crippen molar-refractivity contribution in [3.63, 3.8) is 0 Å². The van der Waals surface area contributed by atoms with Crippen molar-refractivity contribution >= 4 is 17.5 Å². The molecule has 2 aromatic rings. The summed E-state index contributed by atoms with van der Waals surface area (Å²) in [5.74, 6) is 0.110. The highest BCUT2D eigenvalue weighted by Crippen LogP contribution is 2.46. The van der Waals surface area contributed by atoms with E-state index in [0.717, 1.165) is 18.5 Å². The normalized spacial score (nSPS) is 14.6. The number of amides is 2. The Kier molecular flexibility index (Phi) is 5.94. The fourth-order valence-electron chi connectivity index (χ4n) is 3.19. The summed E-state index contributed by atoms with van der Waals surface area (Å²) < 4.78 is 0. The van der Waals surface area contributed by atoms with Crippen molar-refractivity contribution in [2.24, 2.45) is 5.41 Å². The lowest BCUT2D eigenvalue weighted by atomic mass is 10.0. The van der Waals surface area contributed by atoms with E-state index in [4.69, 9.17) is 0 Å². The third-order valence-electron chi connectivity index (χ3n) is 5.23. The summed E-state index contributed by atoms with van der Waals surface area (Å²) in [6.07, 6.45) is 3.02. The largest absolute Gasteiger partial charge is 0.355 e. The predicted octanol–water partition coefficient (Wildman–Crippen LogP) is 4.28. The van der Waals surface area contributed by atoms with Crippen LogP contribution in [0.1, 0.15) is 50.2 Å². The summed E-state index contributed by atoms with van der Waals surface area (Å²) in [7, 11) is 0. The number of benzene rings is 2. The summed E-state index contributed by atoms with van der Waals surface area (Å²) in [5.41, 5.74) is 2.34. The van der Waals surface area contributed by atoms with Crippen molar-refractivity contribution in [1.29, 1.82) is 0 Å². The molecule has 2 amide bonds. The van der Waals surface area contributed by atoms with Gasteiger partial charge in [0.25, 0.3) is 0 Å². The summed E-state index contributed by atoms with van der Waals surface area (Å²) >= 11 is 0. The van der Waals surface area contributed by atoms with E-state index in [0.29, 0.717) is 25.3 Å². The number of aryl methyl sites for hydroxylation is 1. The smallest absolute Gasteiger partial charge is 0.240 e. The van der Waals surface area contributed by atoms with Gasteiger partial charge in [-0.1, -0.05) is 56.3 Å². The Morgan fingerprint density at radius 1 is 0.963 bits per heavy atom. The second kappa shape index (κ2) is 8.38. The molecule has 0 unspecified atom stereocenters. The highest BCUT2D eigenvalue weighted by Gasteiger charge is 2.56. The van der Waals surface area contributed by atoms with Crippen LogP contribution in [0, 0.1) is 5.41 Å². The quantitative estimate of drug-likeness (QED) is 0.543. The third kappa shape index (κ3) is 4.76. The zero-order chi connectivity index (χ0) is 19.3. The van der Waals surface area contributed by atoms with Gasteiger partial charge in [0.1, 0.15) is 5.41 Å². The van der Waals surface area contributed by atoms with E-state index in [-0.39, 0.29) is 11.8 Å². The van der Waals surface area contributed by atoms with Crippen LogP contribution in [0.15, 0.2) is 54.6 Å². The summed E-state index contributed by atoms with van der Waals surface area (Å²) in [6.45, 7) is 4.86. The minimum Gasteiger partial charge on any atom is -0.355 e. The lowest BCUT2D eigenvalue weighted by Gasteiger charge is -2.16. The molecule has 27 heavy (non-hydrogen) atoms. The molecule has 0 spiro atoms. The van der Waals surface area contributed by atoms with Crippen LogP contribution in [0.2, 0.25) is 0 Å². The van der Waals surface area contributed by atoms with Crippen LogP contribution in [0.5, 0.6) is 0 Å². The number of carbonyl (C=O) groups is 2. The van der Waals surface area contributed by atoms with Crippen molar-refractivity contribution in [3.8, 4) is 0 Å². The van der Waals surface area contributed by atoms with Crippen LogP contribution in [0.4, 0.5) is 5.69 Å². The van der Waals surface area contributed by atoms with Crippen molar-refractivity contribution in [2.45, 2.75) is 45.4 Å². The number of hydrogen-bond acceptors (Lipinski definition) is 2. The number of nitrogens with one attached hydrogen (secondary N) is 2. The van der Waals surface area contributed by atoms with E-state index >= 15 is 0 Å². The van der Waals surface area contributed by atoms with Gasteiger partial charge < -0.3 is 10.6 Å². The molecule has 0 bridgehead atoms. The fraction of sp³-hybridized carbons (Fsp3) is 0.391. The highest BCUT2D eigenvalue weighted by atomic mass is 16.2. The second-order valence-corrected chi connectivity index (χ2v) is 7.66. The molecule has 1 aliphatic carbocycles. The van der Waals surface area contributed by atoms with Gasteiger partial charge in [0.05, 0.1) is 0 Å². The number of carbonyl (C=O) groups excluding carboxylic acids is 2. The van der Waals surface area contributed by atoms with Gasteiger partial charge in [0, 0.05) is 12.2 Å². The van der Waals surface area contributed by atoms with Crippen LogP contribution in [0.3, 0.4) is 0 Å². The summed E-state index contributed by atoms with van der Waals surface area (Å²) in [4.78, 5) is 25.2. The van der Waals surface area contributed by atoms with Gasteiger partial charge in [-0.2, -0.15) is 0 Å². The van der Waals surface area contributed by atoms with Crippen LogP contribution in [-0.2, 0) is 16.0 Å². The van der Waals surface area contributed by atoms with E-state index in [1.165, 1.54) is 11.1 Å². The Bertz CT molecular complexity index is 778. The predicted molar refractivity (Wildman–Crippen MR) is 109 cm³/mol. The highest BCUT2D eigenvalue weighted by molar-refractivity contribution is 6.13. The maximum absolute atomic E-state index is 12.6. The van der Waals surface area contributed by atoms with E-state index in [9.17, 15) is 9.59 Å². The molecule has 0 heterocycles. The van der Waals surface area contributed by atoms with Crippen LogP contribution in [0.25, 0.3) is 0 Å². The Hall–Kier alpha value is -2.62. The van der Waals surface area contributed by atoms with Gasteiger partial charge in [-0.25, -0.2) is 0 Å². The first-order valence-electron chi connectivity index (χ1n) is 9.75. The van der Waals surface area contributed by atoms with Gasteiger partial charge in [-0.3, -0.25) is 9.59 Å². The summed E-state index contributed by atoms with van der Waals surface area (Å²) in [6, 6.07) is 18.0. The van der Waals surface area contributed by atoms with Crippen LogP contribution in [-0.4, -0.2) is 18.4 Å². The SMILES string of the molecule is CC(C)c1ccc(NC(=O)C2(C(=O)NCCCc3ccccc3)CC2)cc1. The van der Waals surface area contributed by atoms with E-state index in [2.05, 4.69) is 36.6 Å². The molecule has 4 nitrogen and oxygen atoms in total. The summed E-state index contributed by atoms with van der Waals surface area (Å²) in [5, 5.41) is 5.85. The third-order valence-corrected chi connectivity index (χ3v) is 5.23. The average molecular weight is 364 g/mol. The molecule has 2 aromatic carbocycles. The topological polar surface area (TPSA) is 58.2 Å². The van der Waals surface area contributed by atoms with E-state index in [1.54, 1.807) is 0 Å². The first kappa shape index (κ1) is 19.2. The molecule has 1 fully saturated rings. The Labute approximate surface area is 161 Å². The van der Waals surface area contributed by atoms with Crippen LogP contribution < -0.4 is 10.6 Å². The molecule has 0 atom stereocenters. The molecule has 1 aliphatic rings. The molecule has 2 N–H and O–H groups in total. The minimum atomic E-state index is -0.885. The second-order valence-electron chi connectivity index (χ2n) is 7.66. The van der Waals surface area contributed by atoms with Crippen molar-refractivity contribution in [2.75, 3.05) is 11.9 Å². The lowest BCUT2D eigenvalue weighted by molar-refractivity contribution is -0.134. The first-order valence-corrected chi connectivity index (χ1v) is 9.75. The maximum atomic E-state index is 12.6. The number of hydrogen-bond donors (Lipinski definition) is 2. The van der Waals surface area contributed by atoms with Gasteiger partial charge in [0.15, 0.2) is 0 Å². The molecule has 0 aromatic heterocycles. The molecule has 0 radical (unpaired) electrons. The molecule has 0 saturated heterocycles. The Morgan fingerprint density at radius 3 is 2.22 bits per heavy atom. The lowest BCUT2D eigenvalue weighted by Crippen LogP contribution is -2.40. The standard InChI is InChI=1S/C23H28N2O2/c1-17(2)19-10-12-20(13-11-19)25-22(27)23(14-15-23)21(26)24-16-6-9-18-7-4-3-5-8-18/h3-5,7-8,10-13,17H,6,9,14-16H2,1-2H3,(H,24,26)(H,25,27). The zero-order valence-corrected chi connectivity index (χ0v) is 16.1. The minimum absolute atomic E-state index is 0.146. The molecule has 3 rings (SSSR count). The van der Waals surface area contributed by atoms with Crippen molar-refractivity contribution in [3.05, 3.63) is 65.7 Å². The Morgan fingerprint density at radius 2 is 1.63 bits per heavy atom. The average Bonchev–Trinajstić information content (AvgIpc) is 3.48. The first-order chi connectivity index (χ1) is 13.0. The Balaban J connectivity index is 1.48. The van der Waals surface area contributed by atoms with Gasteiger partial charge in [-0.05, 0) is 54.9 Å². The van der Waals surface area contributed by atoms with Crippen molar-refractivity contribution < 1.29 is 9.59 Å². The fourth-order valence-corrected chi connectivity index (χ4v) is 3.19. The van der Waals surface area contributed by atoms with Gasteiger partial charge >= 0.3 is 0 Å². The van der Waals surface area contributed by atoms with Gasteiger partial charge in [-0.15, -0.1) is 0 Å². The van der Waals surface area contributed by atoms with Crippen molar-refractivity contribution in [1.82, 2.24) is 5.32 Å². The molecule has 0 aliphatic heterocycles. The molecule has 1 saturated carbocycles. The number of anilines is 1. The molecular formula is C23H28N2O2. The van der Waals surface area contributed by atoms with Gasteiger partial charge in [0.2, 0.25) is 11.8 Å². The number of rotatable bonds is 8. The maximum Gasteiger partial charge on any atom is 0.240 e. The zero-order valence-electron chi connectivity index (χ0n) is 16.1. The van der Waals surface area contributed by atoms with Crippen LogP contribution >= 0.6 is 0 Å². The van der Waals surface area contributed by atoms with E-state index in [1.807, 2.05) is 42.5 Å². The monoisotopic (exact) mass is 364 g/mol. The molecular weight excluding hydrogens is 336 g/mol. The van der Waals surface area contributed by atoms with E-state index < -0.39 is 5.41 Å².